The van der Waals surface area contributed by atoms with Crippen molar-refractivity contribution in [2.75, 3.05) is 13.1 Å². The van der Waals surface area contributed by atoms with Crippen LogP contribution in [0.25, 0.3) is 22.2 Å². The van der Waals surface area contributed by atoms with E-state index in [0.717, 1.165) is 5.39 Å². The summed E-state index contributed by atoms with van der Waals surface area (Å²) in [5.74, 6) is -4.37. The van der Waals surface area contributed by atoms with Crippen molar-refractivity contribution < 1.29 is 82.5 Å². The number of nitrogens with zero attached hydrogens (tertiary/aromatic N) is 5. The number of amides is 8. The molecule has 29 nitrogen and oxygen atoms in total. The number of hydrogen-bond acceptors (Lipinski definition) is 21. The molecule has 0 unspecified atom stereocenters. The summed E-state index contributed by atoms with van der Waals surface area (Å²) >= 11 is 12.5. The zero-order valence-corrected chi connectivity index (χ0v) is 64.8. The average Bonchev–Trinajstić information content (AvgIpc) is 1.58. The Kier molecular flexibility index (Phi) is 23.1. The SMILES string of the molecule is CC[C@@H]1C[C@]1(NC(=O)[C@@H]1C[C@@H](Oc2cc(Cl)nc(-c3ccccc3)n2)CN1C(=O)[C@@H](NC(=O)OC(C)(C)C)C(C)(C)C)C(=O)NS(=O)(=O)OC1(C)CC1.CC[C@@H]1C[C@]1(NC(=O)[C@@H]1C[C@@H](Oc2nccc3cc(Cl)ccc23)CN1C(=O)[C@@H](NC(=O)OC(C)(C)C)C(C)(C)C)C(=O)NS(=O)(=O)OC1(C)CC1. The lowest BCUT2D eigenvalue weighted by atomic mass is 9.85. The molecule has 10 atom stereocenters. The summed E-state index contributed by atoms with van der Waals surface area (Å²) in [6, 6.07) is 13.0. The number of likely N-dealkylation sites (tertiary alicyclic amines) is 2. The topological polar surface area (TPSA) is 378 Å². The number of hydrogen-bond donors (Lipinski definition) is 6. The van der Waals surface area contributed by atoms with Crippen LogP contribution in [0, 0.1) is 22.7 Å². The zero-order chi connectivity index (χ0) is 76.9. The molecule has 4 aliphatic carbocycles. The Morgan fingerprint density at radius 3 is 1.44 bits per heavy atom. The van der Waals surface area contributed by atoms with E-state index in [-0.39, 0.29) is 67.5 Å². The Hall–Kier alpha value is -7.71. The molecule has 2 aromatic heterocycles. The smallest absolute Gasteiger partial charge is 0.408 e. The lowest BCUT2D eigenvalue weighted by Crippen LogP contribution is -2.60. The average molecular weight is 1530 g/mol. The Bertz CT molecular complexity index is 4200. The van der Waals surface area contributed by atoms with Gasteiger partial charge in [-0.1, -0.05) is 122 Å². The number of fused-ring (bicyclic) bond motifs is 1. The van der Waals surface area contributed by atoms with E-state index in [1.165, 1.54) is 15.9 Å². The van der Waals surface area contributed by atoms with Gasteiger partial charge in [0.05, 0.1) is 24.3 Å². The van der Waals surface area contributed by atoms with Gasteiger partial charge >= 0.3 is 32.8 Å². The normalized spacial score (nSPS) is 24.4. The highest BCUT2D eigenvalue weighted by Gasteiger charge is 2.64. The summed E-state index contributed by atoms with van der Waals surface area (Å²) in [5, 5.41) is 13.1. The highest BCUT2D eigenvalue weighted by atomic mass is 35.5. The predicted octanol–water partition coefficient (Wildman–Crippen LogP) is 8.69. The number of pyridine rings is 1. The van der Waals surface area contributed by atoms with Gasteiger partial charge in [-0.05, 0) is 146 Å². The second-order valence-corrected chi connectivity index (χ2v) is 35.8. The molecule has 104 heavy (non-hydrogen) atoms. The number of carbonyl (C=O) groups is 8. The Morgan fingerprint density at radius 2 is 1.04 bits per heavy atom. The maximum absolute atomic E-state index is 14.5. The quantitative estimate of drug-likeness (QED) is 0.0378. The van der Waals surface area contributed by atoms with Crippen molar-refractivity contribution in [1.29, 1.82) is 0 Å². The van der Waals surface area contributed by atoms with Crippen molar-refractivity contribution >= 4 is 102 Å². The number of rotatable bonds is 23. The van der Waals surface area contributed by atoms with Crippen LogP contribution < -0.4 is 40.2 Å². The summed E-state index contributed by atoms with van der Waals surface area (Å²) < 4.78 is 88.8. The molecular weight excluding hydrogens is 1430 g/mol. The van der Waals surface area contributed by atoms with E-state index in [9.17, 15) is 55.2 Å². The number of alkyl carbamates (subject to hydrolysis) is 2. The Morgan fingerprint density at radius 1 is 0.596 bits per heavy atom. The second-order valence-electron chi connectivity index (χ2n) is 32.4. The molecule has 0 spiro atoms. The number of ether oxygens (including phenoxy) is 4. The van der Waals surface area contributed by atoms with Gasteiger partial charge < -0.3 is 50.0 Å². The molecule has 33 heteroatoms. The summed E-state index contributed by atoms with van der Waals surface area (Å²) in [7, 11) is -8.91. The van der Waals surface area contributed by atoms with Gasteiger partial charge in [0.15, 0.2) is 5.82 Å². The van der Waals surface area contributed by atoms with Gasteiger partial charge in [0.25, 0.3) is 11.8 Å². The van der Waals surface area contributed by atoms with Gasteiger partial charge in [-0.25, -0.2) is 37.4 Å². The molecule has 6 N–H and O–H groups in total. The van der Waals surface area contributed by atoms with Gasteiger partial charge in [-0.15, -0.1) is 0 Å². The van der Waals surface area contributed by atoms with E-state index in [1.54, 1.807) is 127 Å². The maximum atomic E-state index is 14.5. The molecule has 4 aromatic rings. The first kappa shape index (κ1) is 80.4. The van der Waals surface area contributed by atoms with E-state index in [4.69, 9.17) is 50.5 Å². The molecule has 0 bridgehead atoms. The van der Waals surface area contributed by atoms with E-state index < -0.39 is 149 Å². The molecule has 2 aromatic carbocycles. The molecular formula is C71H97Cl2N11O18S2. The molecule has 8 amide bonds. The number of carbonyl (C=O) groups excluding carboxylic acids is 8. The number of aromatic nitrogens is 3. The van der Waals surface area contributed by atoms with Gasteiger partial charge in [0.2, 0.25) is 35.4 Å². The molecule has 4 saturated carbocycles. The summed E-state index contributed by atoms with van der Waals surface area (Å²) in [6.07, 6.45) is 1.89. The molecule has 2 saturated heterocycles. The highest BCUT2D eigenvalue weighted by molar-refractivity contribution is 7.85. The lowest BCUT2D eigenvalue weighted by Gasteiger charge is -2.36. The molecule has 6 fully saturated rings. The van der Waals surface area contributed by atoms with Crippen LogP contribution in [0.2, 0.25) is 10.2 Å². The monoisotopic (exact) mass is 1530 g/mol. The minimum absolute atomic E-state index is 0.0147. The summed E-state index contributed by atoms with van der Waals surface area (Å²) in [4.78, 5) is 126. The minimum Gasteiger partial charge on any atom is -0.472 e. The van der Waals surface area contributed by atoms with Crippen LogP contribution in [0.5, 0.6) is 11.8 Å². The van der Waals surface area contributed by atoms with Gasteiger partial charge in [-0.3, -0.25) is 28.8 Å². The molecule has 0 radical (unpaired) electrons. The van der Waals surface area contributed by atoms with Crippen LogP contribution in [0.15, 0.2) is 66.9 Å². The van der Waals surface area contributed by atoms with Crippen molar-refractivity contribution in [3.8, 4) is 23.1 Å². The standard InChI is InChI=1S/C36H49ClN6O9S.C35H48ClN5O9S/c1-9-22-19-36(22,31(46)42-53(48,49)52-35(8)15-16-35)41-29(44)24-17-23(50-26-18-25(37)38-28(39-26)21-13-11-10-12-14-21)20-43(24)30(45)27(33(2,3)4)40-32(47)51-34(5,6)7;1-9-21-18-35(21,30(44)40-51(46,47)50-34(8)13-14-34)39-27(42)25-17-23(48-28-24-11-10-22(36)16-20(24)12-15-37-28)19-41(25)29(43)26(32(2,3)4)38-31(45)49-33(5,6)7/h10-14,18,22-24,27H,9,15-17,19-20H2,1-8H3,(H,40,47)(H,41,44)(H,42,46);10-12,15-16,21,23,25-26H,9,13-14,17-19H2,1-8H3,(H,38,45)(H,39,42)(H,40,44)/t22-,23-,24+,27-,36-;21-,23-,25+,26-,35-/m11/s1. The van der Waals surface area contributed by atoms with Gasteiger partial charge in [-0.2, -0.15) is 21.8 Å². The van der Waals surface area contributed by atoms with Gasteiger partial charge in [0.1, 0.15) is 63.8 Å². The number of nitrogens with one attached hydrogen (secondary N) is 6. The molecule has 6 aliphatic rings. The summed E-state index contributed by atoms with van der Waals surface area (Å²) in [5.41, 5.74) is -7.45. The van der Waals surface area contributed by atoms with Crippen LogP contribution in [0.1, 0.15) is 175 Å². The van der Waals surface area contributed by atoms with Crippen LogP contribution >= 0.6 is 23.2 Å². The van der Waals surface area contributed by atoms with Crippen molar-refractivity contribution in [1.82, 2.24) is 55.5 Å². The molecule has 570 valence electrons. The summed E-state index contributed by atoms with van der Waals surface area (Å²) in [6.45, 7) is 27.6. The highest BCUT2D eigenvalue weighted by Crippen LogP contribution is 2.49. The van der Waals surface area contributed by atoms with Crippen molar-refractivity contribution in [3.05, 3.63) is 77.0 Å². The Balaban J connectivity index is 0.000000241. The Labute approximate surface area is 617 Å². The van der Waals surface area contributed by atoms with E-state index in [1.807, 2.05) is 53.6 Å². The second kappa shape index (κ2) is 29.9. The first-order chi connectivity index (χ1) is 48.1. The van der Waals surface area contributed by atoms with Crippen LogP contribution in [0.3, 0.4) is 0 Å². The number of benzene rings is 2. The fourth-order valence-electron chi connectivity index (χ4n) is 12.7. The molecule has 4 heterocycles. The zero-order valence-electron chi connectivity index (χ0n) is 61.6. The van der Waals surface area contributed by atoms with E-state index in [2.05, 4.69) is 36.2 Å². The van der Waals surface area contributed by atoms with Crippen molar-refractivity contribution in [2.24, 2.45) is 22.7 Å². The van der Waals surface area contributed by atoms with Crippen LogP contribution in [-0.4, -0.2) is 172 Å². The van der Waals surface area contributed by atoms with Crippen LogP contribution in [0.4, 0.5) is 9.59 Å². The number of halogens is 2. The molecule has 2 aliphatic heterocycles. The third-order valence-corrected chi connectivity index (χ3v) is 21.4. The minimum atomic E-state index is -4.46. The largest absolute Gasteiger partial charge is 0.472 e. The van der Waals surface area contributed by atoms with Gasteiger partial charge in [0, 0.05) is 41.1 Å². The maximum Gasteiger partial charge on any atom is 0.408 e. The van der Waals surface area contributed by atoms with Crippen LogP contribution in [-0.2, 0) is 67.2 Å². The van der Waals surface area contributed by atoms with E-state index in [0.29, 0.717) is 60.3 Å². The third kappa shape index (κ3) is 20.3. The van der Waals surface area contributed by atoms with Crippen molar-refractivity contribution in [3.63, 3.8) is 0 Å². The lowest BCUT2D eigenvalue weighted by molar-refractivity contribution is -0.143. The first-order valence-corrected chi connectivity index (χ1v) is 38.4. The van der Waals surface area contributed by atoms with Crippen molar-refractivity contribution in [2.45, 2.75) is 245 Å². The third-order valence-electron chi connectivity index (χ3n) is 18.9. The predicted molar refractivity (Wildman–Crippen MR) is 384 cm³/mol. The van der Waals surface area contributed by atoms with E-state index >= 15 is 0 Å². The fraction of sp³-hybridized carbons (Fsp3) is 0.620. The fourth-order valence-corrected chi connectivity index (χ4v) is 15.3. The molecule has 10 rings (SSSR count). The first-order valence-electron chi connectivity index (χ1n) is 34.8.